The highest BCUT2D eigenvalue weighted by molar-refractivity contribution is 6.07. The number of hydrogen-bond acceptors (Lipinski definition) is 2. The molecule has 0 aliphatic heterocycles. The fraction of sp³-hybridized carbons (Fsp3) is 0.0667. The Morgan fingerprint density at radius 2 is 2.05 bits per heavy atom. The third-order valence-corrected chi connectivity index (χ3v) is 3.12. The second-order valence-corrected chi connectivity index (χ2v) is 4.54. The van der Waals surface area contributed by atoms with Crippen LogP contribution < -0.4 is 5.32 Å². The van der Waals surface area contributed by atoms with Crippen LogP contribution in [0.25, 0.3) is 5.52 Å². The molecular formula is C15H11F2N3O. The molecule has 21 heavy (non-hydrogen) atoms. The van der Waals surface area contributed by atoms with E-state index in [0.717, 1.165) is 6.07 Å². The highest BCUT2D eigenvalue weighted by Crippen LogP contribution is 2.18. The summed E-state index contributed by atoms with van der Waals surface area (Å²) in [4.78, 5) is 16.4. The molecule has 0 aliphatic carbocycles. The molecule has 0 bridgehead atoms. The van der Waals surface area contributed by atoms with Crippen molar-refractivity contribution in [1.29, 1.82) is 0 Å². The summed E-state index contributed by atoms with van der Waals surface area (Å²) in [5, 5.41) is 2.40. The summed E-state index contributed by atoms with van der Waals surface area (Å²) >= 11 is 0. The van der Waals surface area contributed by atoms with Crippen LogP contribution in [0, 0.1) is 18.6 Å². The van der Waals surface area contributed by atoms with Gasteiger partial charge in [-0.25, -0.2) is 13.8 Å². The Kier molecular flexibility index (Phi) is 3.13. The molecular weight excluding hydrogens is 276 g/mol. The van der Waals surface area contributed by atoms with Crippen molar-refractivity contribution in [2.45, 2.75) is 6.92 Å². The third-order valence-electron chi connectivity index (χ3n) is 3.12. The van der Waals surface area contributed by atoms with Gasteiger partial charge in [0.2, 0.25) is 0 Å². The van der Waals surface area contributed by atoms with Crippen molar-refractivity contribution < 1.29 is 13.6 Å². The smallest absolute Gasteiger partial charge is 0.276 e. The quantitative estimate of drug-likeness (QED) is 0.787. The van der Waals surface area contributed by atoms with E-state index >= 15 is 0 Å². The number of carbonyl (C=O) groups is 1. The molecule has 4 nitrogen and oxygen atoms in total. The van der Waals surface area contributed by atoms with Crippen molar-refractivity contribution in [3.8, 4) is 0 Å². The fourth-order valence-electron chi connectivity index (χ4n) is 2.13. The van der Waals surface area contributed by atoms with Crippen LogP contribution in [0.5, 0.6) is 0 Å². The Labute approximate surface area is 119 Å². The lowest BCUT2D eigenvalue weighted by Gasteiger charge is -2.05. The maximum Gasteiger partial charge on any atom is 0.276 e. The summed E-state index contributed by atoms with van der Waals surface area (Å²) in [6, 6.07) is 8.32. The first-order chi connectivity index (χ1) is 10.1. The molecule has 2 heterocycles. The lowest BCUT2D eigenvalue weighted by Crippen LogP contribution is -2.14. The first kappa shape index (κ1) is 13.2. The third kappa shape index (κ3) is 2.35. The van der Waals surface area contributed by atoms with Crippen molar-refractivity contribution in [2.75, 3.05) is 5.32 Å². The van der Waals surface area contributed by atoms with Gasteiger partial charge >= 0.3 is 0 Å². The van der Waals surface area contributed by atoms with Crippen LogP contribution in [0.15, 0.2) is 42.6 Å². The van der Waals surface area contributed by atoms with E-state index in [-0.39, 0.29) is 11.4 Å². The minimum Gasteiger partial charge on any atom is -0.318 e. The van der Waals surface area contributed by atoms with Gasteiger partial charge in [-0.1, -0.05) is 6.07 Å². The molecule has 0 fully saturated rings. The summed E-state index contributed by atoms with van der Waals surface area (Å²) in [6.45, 7) is 1.77. The Balaban J connectivity index is 1.98. The highest BCUT2D eigenvalue weighted by atomic mass is 19.1. The molecule has 2 aromatic heterocycles. The maximum absolute atomic E-state index is 13.6. The number of aromatic nitrogens is 2. The second kappa shape index (κ2) is 4.97. The summed E-state index contributed by atoms with van der Waals surface area (Å²) in [7, 11) is 0. The normalized spacial score (nSPS) is 10.8. The predicted molar refractivity (Wildman–Crippen MR) is 74.2 cm³/mol. The zero-order valence-corrected chi connectivity index (χ0v) is 11.1. The Morgan fingerprint density at radius 3 is 2.81 bits per heavy atom. The van der Waals surface area contributed by atoms with Gasteiger partial charge in [-0.05, 0) is 31.2 Å². The Morgan fingerprint density at radius 1 is 1.24 bits per heavy atom. The Bertz CT molecular complexity index is 842. The van der Waals surface area contributed by atoms with E-state index in [2.05, 4.69) is 10.3 Å². The van der Waals surface area contributed by atoms with Crippen LogP contribution >= 0.6 is 0 Å². The molecule has 0 radical (unpaired) electrons. The van der Waals surface area contributed by atoms with E-state index in [4.69, 9.17) is 0 Å². The van der Waals surface area contributed by atoms with E-state index in [0.29, 0.717) is 17.4 Å². The summed E-state index contributed by atoms with van der Waals surface area (Å²) in [5.74, 6) is -1.43. The fourth-order valence-corrected chi connectivity index (χ4v) is 2.13. The number of halogens is 2. The van der Waals surface area contributed by atoms with Gasteiger partial charge in [-0.2, -0.15) is 0 Å². The van der Waals surface area contributed by atoms with Crippen LogP contribution in [0.1, 0.15) is 16.3 Å². The number of imidazole rings is 1. The summed E-state index contributed by atoms with van der Waals surface area (Å²) in [6.07, 6.45) is 1.78. The van der Waals surface area contributed by atoms with Crippen LogP contribution in [-0.4, -0.2) is 15.3 Å². The lowest BCUT2D eigenvalue weighted by molar-refractivity contribution is 0.102. The number of nitrogens with zero attached hydrogens (tertiary/aromatic N) is 2. The predicted octanol–water partition coefficient (Wildman–Crippen LogP) is 3.17. The zero-order valence-electron chi connectivity index (χ0n) is 11.1. The Hall–Kier alpha value is -2.76. The first-order valence-corrected chi connectivity index (χ1v) is 6.26. The number of fused-ring (bicyclic) bond motifs is 1. The highest BCUT2D eigenvalue weighted by Gasteiger charge is 2.17. The van der Waals surface area contributed by atoms with Gasteiger partial charge in [0, 0.05) is 12.3 Å². The largest absolute Gasteiger partial charge is 0.318 e. The maximum atomic E-state index is 13.6. The van der Waals surface area contributed by atoms with Crippen LogP contribution in [0.2, 0.25) is 0 Å². The molecule has 0 unspecified atom stereocenters. The van der Waals surface area contributed by atoms with E-state index < -0.39 is 17.5 Å². The van der Waals surface area contributed by atoms with Crippen LogP contribution in [-0.2, 0) is 0 Å². The lowest BCUT2D eigenvalue weighted by atomic mass is 10.2. The topological polar surface area (TPSA) is 46.4 Å². The molecule has 0 aliphatic rings. The van der Waals surface area contributed by atoms with Crippen molar-refractivity contribution in [3.05, 3.63) is 65.7 Å². The minimum absolute atomic E-state index is 0.0869. The van der Waals surface area contributed by atoms with Gasteiger partial charge in [-0.3, -0.25) is 4.79 Å². The number of benzene rings is 1. The van der Waals surface area contributed by atoms with Crippen molar-refractivity contribution >= 4 is 17.1 Å². The van der Waals surface area contributed by atoms with Crippen LogP contribution in [0.3, 0.4) is 0 Å². The number of aryl methyl sites for hydroxylation is 1. The number of pyridine rings is 1. The minimum atomic E-state index is -0.830. The zero-order chi connectivity index (χ0) is 15.0. The van der Waals surface area contributed by atoms with E-state index in [1.807, 2.05) is 6.07 Å². The molecule has 0 saturated heterocycles. The first-order valence-electron chi connectivity index (χ1n) is 6.26. The SMILES string of the molecule is Cc1nc(C(=O)Nc2ccc(F)cc2F)c2ccccn12. The summed E-state index contributed by atoms with van der Waals surface area (Å²) in [5.41, 5.74) is 0.725. The molecule has 3 aromatic rings. The average molecular weight is 287 g/mol. The monoisotopic (exact) mass is 287 g/mol. The van der Waals surface area contributed by atoms with Gasteiger partial charge in [0.25, 0.3) is 5.91 Å². The number of anilines is 1. The van der Waals surface area contributed by atoms with Crippen molar-refractivity contribution in [3.63, 3.8) is 0 Å². The van der Waals surface area contributed by atoms with Gasteiger partial charge in [-0.15, -0.1) is 0 Å². The van der Waals surface area contributed by atoms with Gasteiger partial charge in [0.15, 0.2) is 5.69 Å². The van der Waals surface area contributed by atoms with Crippen molar-refractivity contribution in [2.24, 2.45) is 0 Å². The molecule has 1 aromatic carbocycles. The van der Waals surface area contributed by atoms with Gasteiger partial charge in [0.05, 0.1) is 11.2 Å². The molecule has 0 saturated carbocycles. The molecule has 3 rings (SSSR count). The summed E-state index contributed by atoms with van der Waals surface area (Å²) < 4.78 is 28.2. The van der Waals surface area contributed by atoms with Crippen molar-refractivity contribution in [1.82, 2.24) is 9.38 Å². The number of carbonyl (C=O) groups excluding carboxylic acids is 1. The van der Waals surface area contributed by atoms with E-state index in [9.17, 15) is 13.6 Å². The second-order valence-electron chi connectivity index (χ2n) is 4.54. The molecule has 0 atom stereocenters. The standard InChI is InChI=1S/C15H11F2N3O/c1-9-18-14(13-4-2-3-7-20(9)13)15(21)19-12-6-5-10(16)8-11(12)17/h2-8H,1H3,(H,19,21). The van der Waals surface area contributed by atoms with Gasteiger partial charge in [0.1, 0.15) is 17.5 Å². The van der Waals surface area contributed by atoms with Gasteiger partial charge < -0.3 is 9.72 Å². The molecule has 1 amide bonds. The number of nitrogens with one attached hydrogen (secondary N) is 1. The van der Waals surface area contributed by atoms with E-state index in [1.165, 1.54) is 6.07 Å². The molecule has 1 N–H and O–H groups in total. The average Bonchev–Trinajstić information content (AvgIpc) is 2.80. The number of hydrogen-bond donors (Lipinski definition) is 1. The van der Waals surface area contributed by atoms with E-state index in [1.54, 1.807) is 29.7 Å². The molecule has 106 valence electrons. The number of amides is 1. The number of rotatable bonds is 2. The molecule has 0 spiro atoms. The van der Waals surface area contributed by atoms with Crippen LogP contribution in [0.4, 0.5) is 14.5 Å². The molecule has 6 heteroatoms.